The maximum Gasteiger partial charge on any atom is 0.338 e. The molecule has 3 amide bonds. The van der Waals surface area contributed by atoms with Crippen molar-refractivity contribution in [2.75, 3.05) is 6.61 Å². The van der Waals surface area contributed by atoms with Gasteiger partial charge in [-0.15, -0.1) is 0 Å². The Morgan fingerprint density at radius 2 is 1.79 bits per heavy atom. The third-order valence-electron chi connectivity index (χ3n) is 6.19. The second-order valence-corrected chi connectivity index (χ2v) is 8.61. The molecular formula is C27H30N2O5. The van der Waals surface area contributed by atoms with E-state index in [1.165, 1.54) is 0 Å². The van der Waals surface area contributed by atoms with Gasteiger partial charge in [-0.1, -0.05) is 42.5 Å². The number of carbonyl (C=O) groups excluding carboxylic acids is 3. The van der Waals surface area contributed by atoms with Crippen molar-refractivity contribution in [3.8, 4) is 5.75 Å². The van der Waals surface area contributed by atoms with Crippen molar-refractivity contribution in [1.29, 1.82) is 0 Å². The van der Waals surface area contributed by atoms with Crippen LogP contribution in [0.3, 0.4) is 0 Å². The first kappa shape index (κ1) is 23.5. The number of hydrogen-bond acceptors (Lipinski definition) is 5. The van der Waals surface area contributed by atoms with Gasteiger partial charge < -0.3 is 14.8 Å². The molecule has 1 atom stereocenters. The number of benzene rings is 2. The van der Waals surface area contributed by atoms with Crippen LogP contribution < -0.4 is 10.1 Å². The molecule has 2 aromatic rings. The number of nitrogens with one attached hydrogen (secondary N) is 1. The lowest BCUT2D eigenvalue weighted by Crippen LogP contribution is -2.51. The third-order valence-corrected chi connectivity index (χ3v) is 6.19. The van der Waals surface area contributed by atoms with E-state index in [1.807, 2.05) is 48.5 Å². The second-order valence-electron chi connectivity index (χ2n) is 8.61. The highest BCUT2D eigenvalue weighted by Gasteiger charge is 2.42. The average molecular weight is 463 g/mol. The lowest BCUT2D eigenvalue weighted by Gasteiger charge is -2.36. The summed E-state index contributed by atoms with van der Waals surface area (Å²) < 4.78 is 11.5. The highest BCUT2D eigenvalue weighted by Crippen LogP contribution is 2.37. The average Bonchev–Trinajstić information content (AvgIpc) is 3.32. The molecule has 0 saturated heterocycles. The number of urea groups is 1. The molecule has 0 aromatic heterocycles. The Hall–Kier alpha value is -3.61. The highest BCUT2D eigenvalue weighted by atomic mass is 16.5. The zero-order valence-electron chi connectivity index (χ0n) is 19.6. The molecule has 1 aliphatic heterocycles. The van der Waals surface area contributed by atoms with E-state index >= 15 is 0 Å². The van der Waals surface area contributed by atoms with Gasteiger partial charge in [0, 0.05) is 5.70 Å². The smallest absolute Gasteiger partial charge is 0.338 e. The molecule has 4 rings (SSSR count). The number of hydrogen-bond donors (Lipinski definition) is 1. The Kier molecular flexibility index (Phi) is 7.30. The van der Waals surface area contributed by atoms with Crippen LogP contribution in [-0.2, 0) is 20.7 Å². The number of carbonyl (C=O) groups is 3. The van der Waals surface area contributed by atoms with Crippen LogP contribution >= 0.6 is 0 Å². The molecule has 1 unspecified atom stereocenters. The zero-order chi connectivity index (χ0) is 24.1. The van der Waals surface area contributed by atoms with Crippen molar-refractivity contribution in [3.63, 3.8) is 0 Å². The van der Waals surface area contributed by atoms with E-state index in [2.05, 4.69) is 5.32 Å². The maximum atomic E-state index is 13.4. The summed E-state index contributed by atoms with van der Waals surface area (Å²) in [6.07, 6.45) is 4.48. The molecule has 1 aliphatic carbocycles. The fraction of sp³-hybridized carbons (Fsp3) is 0.370. The third kappa shape index (κ3) is 5.14. The molecule has 1 saturated carbocycles. The number of rotatable bonds is 7. The van der Waals surface area contributed by atoms with Gasteiger partial charge in [-0.05, 0) is 62.8 Å². The standard InChI is InChI=1S/C27H30N2O5/c1-3-33-26(31)24-18(2)28-27(32)29(23(30)16-19-10-5-4-6-11-19)25(24)20-12-9-15-22(17-20)34-21-13-7-8-14-21/h4-6,9-12,15,17,21,25H,3,7-8,13-14,16H2,1-2H3,(H,28,32). The number of esters is 1. The van der Waals surface area contributed by atoms with E-state index in [4.69, 9.17) is 9.47 Å². The molecule has 2 aromatic carbocycles. The van der Waals surface area contributed by atoms with E-state index in [9.17, 15) is 14.4 Å². The molecule has 1 N–H and O–H groups in total. The van der Waals surface area contributed by atoms with Crippen molar-refractivity contribution in [1.82, 2.24) is 10.2 Å². The van der Waals surface area contributed by atoms with E-state index in [0.29, 0.717) is 17.0 Å². The molecule has 0 spiro atoms. The van der Waals surface area contributed by atoms with Crippen molar-refractivity contribution in [3.05, 3.63) is 77.0 Å². The normalized spacial score (nSPS) is 18.6. The zero-order valence-corrected chi connectivity index (χ0v) is 19.6. The maximum absolute atomic E-state index is 13.4. The van der Waals surface area contributed by atoms with Gasteiger partial charge in [0.05, 0.1) is 24.7 Å². The van der Waals surface area contributed by atoms with Crippen LogP contribution in [0.25, 0.3) is 0 Å². The van der Waals surface area contributed by atoms with Gasteiger partial charge in [-0.3, -0.25) is 9.69 Å². The summed E-state index contributed by atoms with van der Waals surface area (Å²) in [7, 11) is 0. The Bertz CT molecular complexity index is 1090. The predicted molar refractivity (Wildman–Crippen MR) is 127 cm³/mol. The molecule has 2 aliphatic rings. The van der Waals surface area contributed by atoms with E-state index in [1.54, 1.807) is 19.9 Å². The van der Waals surface area contributed by atoms with Gasteiger partial charge in [-0.25, -0.2) is 9.59 Å². The van der Waals surface area contributed by atoms with Crippen LogP contribution in [0.5, 0.6) is 5.75 Å². The molecule has 0 radical (unpaired) electrons. The van der Waals surface area contributed by atoms with E-state index < -0.39 is 23.9 Å². The topological polar surface area (TPSA) is 84.9 Å². The number of allylic oxidation sites excluding steroid dienone is 1. The van der Waals surface area contributed by atoms with Crippen LogP contribution in [0.1, 0.15) is 56.7 Å². The highest BCUT2D eigenvalue weighted by molar-refractivity contribution is 6.02. The molecule has 1 heterocycles. The first-order valence-corrected chi connectivity index (χ1v) is 11.8. The molecule has 178 valence electrons. The fourth-order valence-corrected chi connectivity index (χ4v) is 4.60. The second kappa shape index (κ2) is 10.5. The number of imide groups is 1. The first-order valence-electron chi connectivity index (χ1n) is 11.8. The quantitative estimate of drug-likeness (QED) is 0.604. The molecule has 7 nitrogen and oxygen atoms in total. The lowest BCUT2D eigenvalue weighted by molar-refractivity contribution is -0.140. The monoisotopic (exact) mass is 462 g/mol. The lowest BCUT2D eigenvalue weighted by atomic mass is 9.93. The Morgan fingerprint density at radius 3 is 2.50 bits per heavy atom. The Morgan fingerprint density at radius 1 is 1.06 bits per heavy atom. The van der Waals surface area contributed by atoms with Crippen LogP contribution in [0.2, 0.25) is 0 Å². The number of amides is 3. The summed E-state index contributed by atoms with van der Waals surface area (Å²) >= 11 is 0. The summed E-state index contributed by atoms with van der Waals surface area (Å²) in [5.74, 6) is -0.318. The van der Waals surface area contributed by atoms with Crippen LogP contribution in [-0.4, -0.2) is 35.5 Å². The van der Waals surface area contributed by atoms with Crippen molar-refractivity contribution < 1.29 is 23.9 Å². The summed E-state index contributed by atoms with van der Waals surface area (Å²) in [5, 5.41) is 2.67. The number of ether oxygens (including phenoxy) is 2. The van der Waals surface area contributed by atoms with Gasteiger partial charge in [-0.2, -0.15) is 0 Å². The van der Waals surface area contributed by atoms with E-state index in [0.717, 1.165) is 36.1 Å². The van der Waals surface area contributed by atoms with Crippen molar-refractivity contribution >= 4 is 17.9 Å². The fourth-order valence-electron chi connectivity index (χ4n) is 4.60. The van der Waals surface area contributed by atoms with Crippen molar-refractivity contribution in [2.24, 2.45) is 0 Å². The SMILES string of the molecule is CCOC(=O)C1=C(C)NC(=O)N(C(=O)Cc2ccccc2)C1c1cccc(OC2CCCC2)c1. The molecule has 0 bridgehead atoms. The molecule has 34 heavy (non-hydrogen) atoms. The minimum atomic E-state index is -0.920. The summed E-state index contributed by atoms with van der Waals surface area (Å²) in [6.45, 7) is 3.55. The van der Waals surface area contributed by atoms with Crippen LogP contribution in [0, 0.1) is 0 Å². The largest absolute Gasteiger partial charge is 0.490 e. The van der Waals surface area contributed by atoms with Gasteiger partial charge in [0.1, 0.15) is 11.8 Å². The first-order chi connectivity index (χ1) is 16.5. The minimum Gasteiger partial charge on any atom is -0.490 e. The van der Waals surface area contributed by atoms with Gasteiger partial charge in [0.2, 0.25) is 5.91 Å². The minimum absolute atomic E-state index is 0.0260. The van der Waals surface area contributed by atoms with Crippen LogP contribution in [0.15, 0.2) is 65.9 Å². The van der Waals surface area contributed by atoms with Gasteiger partial charge >= 0.3 is 12.0 Å². The van der Waals surface area contributed by atoms with Gasteiger partial charge in [0.15, 0.2) is 0 Å². The Labute approximate surface area is 199 Å². The molecule has 7 heteroatoms. The predicted octanol–water partition coefficient (Wildman–Crippen LogP) is 4.68. The van der Waals surface area contributed by atoms with Crippen molar-refractivity contribution in [2.45, 2.75) is 58.1 Å². The summed E-state index contributed by atoms with van der Waals surface area (Å²) in [6, 6.07) is 15.0. The molecular weight excluding hydrogens is 432 g/mol. The Balaban J connectivity index is 1.73. The number of nitrogens with zero attached hydrogens (tertiary/aromatic N) is 1. The van der Waals surface area contributed by atoms with Crippen LogP contribution in [0.4, 0.5) is 4.79 Å². The molecule has 1 fully saturated rings. The summed E-state index contributed by atoms with van der Waals surface area (Å²) in [4.78, 5) is 40.6. The van der Waals surface area contributed by atoms with E-state index in [-0.39, 0.29) is 24.7 Å². The van der Waals surface area contributed by atoms with Gasteiger partial charge in [0.25, 0.3) is 0 Å². The summed E-state index contributed by atoms with van der Waals surface area (Å²) in [5.41, 5.74) is 2.01.